The molecule has 0 fully saturated rings. The van der Waals surface area contributed by atoms with Crippen molar-refractivity contribution in [1.82, 2.24) is 0 Å². The fourth-order valence-electron chi connectivity index (χ4n) is 1.57. The number of alkyl halides is 9. The number of hydrogen-bond acceptors (Lipinski definition) is 5. The summed E-state index contributed by atoms with van der Waals surface area (Å²) in [5, 5.41) is 7.98. The van der Waals surface area contributed by atoms with Gasteiger partial charge in [0, 0.05) is 0 Å². The molecule has 29 heavy (non-hydrogen) atoms. The van der Waals surface area contributed by atoms with Crippen LogP contribution < -0.4 is 4.74 Å². The van der Waals surface area contributed by atoms with Crippen molar-refractivity contribution in [2.75, 3.05) is 6.61 Å². The highest BCUT2D eigenvalue weighted by Crippen LogP contribution is 2.46. The molecule has 1 aromatic rings. The molecular formula is C14H7F9O6. The lowest BCUT2D eigenvalue weighted by Gasteiger charge is -2.28. The quantitative estimate of drug-likeness (QED) is 0.396. The van der Waals surface area contributed by atoms with E-state index in [0.29, 0.717) is 12.1 Å². The summed E-state index contributed by atoms with van der Waals surface area (Å²) in [6.45, 7) is -2.15. The van der Waals surface area contributed by atoms with Gasteiger partial charge in [0.1, 0.15) is 11.3 Å². The van der Waals surface area contributed by atoms with E-state index in [-0.39, 0.29) is 0 Å². The predicted molar refractivity (Wildman–Crippen MR) is 70.9 cm³/mol. The van der Waals surface area contributed by atoms with Gasteiger partial charge in [-0.1, -0.05) is 12.1 Å². The molecule has 0 heterocycles. The molecule has 162 valence electrons. The summed E-state index contributed by atoms with van der Waals surface area (Å²) < 4.78 is 123. The highest BCUT2D eigenvalue weighted by atomic mass is 19.4. The van der Waals surface area contributed by atoms with Crippen molar-refractivity contribution < 1.29 is 68.5 Å². The molecule has 0 aliphatic rings. The SMILES string of the molecule is O=C(OCC(F)(F)F)c1ccccc1OC(=O)C(F)(F)C(F)(F)C(F)(F)C(=O)O. The first-order chi connectivity index (χ1) is 12.9. The fraction of sp³-hybridized carbons (Fsp3) is 0.357. The summed E-state index contributed by atoms with van der Waals surface area (Å²) >= 11 is 0. The first kappa shape index (κ1) is 24.0. The van der Waals surface area contributed by atoms with Gasteiger partial charge >= 0.3 is 41.9 Å². The molecule has 0 atom stereocenters. The summed E-state index contributed by atoms with van der Waals surface area (Å²) in [6.07, 6.45) is -5.00. The van der Waals surface area contributed by atoms with Crippen LogP contribution in [0.3, 0.4) is 0 Å². The third kappa shape index (κ3) is 4.89. The number of ether oxygens (including phenoxy) is 2. The second-order valence-electron chi connectivity index (χ2n) is 5.11. The lowest BCUT2D eigenvalue weighted by Crippen LogP contribution is -2.61. The topological polar surface area (TPSA) is 89.9 Å². The summed E-state index contributed by atoms with van der Waals surface area (Å²) in [6, 6.07) is 2.84. The molecule has 1 N–H and O–H groups in total. The maximum absolute atomic E-state index is 13.5. The molecule has 0 saturated carbocycles. The zero-order valence-electron chi connectivity index (χ0n) is 13.4. The molecule has 0 aliphatic heterocycles. The van der Waals surface area contributed by atoms with Crippen LogP contribution in [0.15, 0.2) is 24.3 Å². The van der Waals surface area contributed by atoms with Crippen molar-refractivity contribution in [3.63, 3.8) is 0 Å². The van der Waals surface area contributed by atoms with Crippen molar-refractivity contribution in [3.8, 4) is 5.75 Å². The van der Waals surface area contributed by atoms with Gasteiger partial charge in [0.05, 0.1) is 0 Å². The molecule has 0 spiro atoms. The minimum absolute atomic E-state index is 0.478. The van der Waals surface area contributed by atoms with E-state index in [1.54, 1.807) is 0 Å². The normalized spacial score (nSPS) is 13.0. The highest BCUT2D eigenvalue weighted by Gasteiger charge is 2.79. The Hall–Kier alpha value is -3.00. The van der Waals surface area contributed by atoms with Gasteiger partial charge in [-0.15, -0.1) is 0 Å². The van der Waals surface area contributed by atoms with Gasteiger partial charge in [-0.3, -0.25) is 0 Å². The fourth-order valence-corrected chi connectivity index (χ4v) is 1.57. The van der Waals surface area contributed by atoms with Crippen LogP contribution in [0.5, 0.6) is 5.75 Å². The maximum atomic E-state index is 13.5. The molecule has 0 amide bonds. The van der Waals surface area contributed by atoms with Crippen molar-refractivity contribution >= 4 is 17.9 Å². The van der Waals surface area contributed by atoms with Crippen LogP contribution in [0, 0.1) is 0 Å². The Morgan fingerprint density at radius 3 is 1.86 bits per heavy atom. The Morgan fingerprint density at radius 1 is 0.862 bits per heavy atom. The van der Waals surface area contributed by atoms with E-state index in [1.807, 2.05) is 0 Å². The Morgan fingerprint density at radius 2 is 1.38 bits per heavy atom. The van der Waals surface area contributed by atoms with E-state index in [1.165, 1.54) is 0 Å². The van der Waals surface area contributed by atoms with Gasteiger partial charge in [-0.2, -0.15) is 39.5 Å². The van der Waals surface area contributed by atoms with Gasteiger partial charge in [0.2, 0.25) is 0 Å². The first-order valence-corrected chi connectivity index (χ1v) is 6.87. The van der Waals surface area contributed by atoms with E-state index >= 15 is 0 Å². The molecule has 0 radical (unpaired) electrons. The largest absolute Gasteiger partial charge is 0.477 e. The number of esters is 2. The molecular weight excluding hydrogens is 435 g/mol. The molecule has 0 saturated heterocycles. The number of aliphatic carboxylic acids is 1. The van der Waals surface area contributed by atoms with Crippen LogP contribution in [0.4, 0.5) is 39.5 Å². The number of hydrogen-bond donors (Lipinski definition) is 1. The molecule has 0 bridgehead atoms. The van der Waals surface area contributed by atoms with Crippen molar-refractivity contribution in [2.45, 2.75) is 23.9 Å². The molecule has 15 heteroatoms. The van der Waals surface area contributed by atoms with Crippen LogP contribution in [0.2, 0.25) is 0 Å². The van der Waals surface area contributed by atoms with Crippen LogP contribution in [-0.4, -0.2) is 53.6 Å². The predicted octanol–water partition coefficient (Wildman–Crippen LogP) is 3.30. The number of carboxylic acids is 1. The second kappa shape index (κ2) is 7.79. The lowest BCUT2D eigenvalue weighted by molar-refractivity contribution is -0.297. The minimum atomic E-state index is -6.77. The Kier molecular flexibility index (Phi) is 6.46. The third-order valence-electron chi connectivity index (χ3n) is 2.99. The summed E-state index contributed by atoms with van der Waals surface area (Å²) in [5.41, 5.74) is -1.12. The number of halogens is 9. The van der Waals surface area contributed by atoms with Gasteiger partial charge in [-0.05, 0) is 12.1 Å². The second-order valence-corrected chi connectivity index (χ2v) is 5.11. The highest BCUT2D eigenvalue weighted by molar-refractivity contribution is 5.94. The van der Waals surface area contributed by atoms with Crippen molar-refractivity contribution in [1.29, 1.82) is 0 Å². The van der Waals surface area contributed by atoms with Gasteiger partial charge in [0.25, 0.3) is 0 Å². The van der Waals surface area contributed by atoms with Gasteiger partial charge < -0.3 is 14.6 Å². The maximum Gasteiger partial charge on any atom is 0.422 e. The molecule has 0 unspecified atom stereocenters. The third-order valence-corrected chi connectivity index (χ3v) is 2.99. The van der Waals surface area contributed by atoms with Crippen LogP contribution in [0.1, 0.15) is 10.4 Å². The first-order valence-electron chi connectivity index (χ1n) is 6.87. The summed E-state index contributed by atoms with van der Waals surface area (Å²) in [7, 11) is 0. The van der Waals surface area contributed by atoms with Crippen LogP contribution in [0.25, 0.3) is 0 Å². The van der Waals surface area contributed by atoms with Gasteiger partial charge in [0.15, 0.2) is 6.61 Å². The molecule has 0 aliphatic carbocycles. The van der Waals surface area contributed by atoms with Crippen molar-refractivity contribution in [3.05, 3.63) is 29.8 Å². The summed E-state index contributed by atoms with van der Waals surface area (Å²) in [5.74, 6) is -29.9. The number of benzene rings is 1. The number of carbonyl (C=O) groups is 3. The monoisotopic (exact) mass is 442 g/mol. The smallest absolute Gasteiger partial charge is 0.422 e. The zero-order chi connectivity index (χ0) is 22.8. The van der Waals surface area contributed by atoms with Gasteiger partial charge in [-0.25, -0.2) is 14.4 Å². The standard InChI is InChI=1S/C14H7F9O6/c15-11(16,17)5-28-8(24)6-3-1-2-4-7(6)29-10(27)13(20,21)14(22,23)12(18,19)9(25)26/h1-4H,5H2,(H,25,26). The summed E-state index contributed by atoms with van der Waals surface area (Å²) in [4.78, 5) is 33.0. The lowest BCUT2D eigenvalue weighted by atomic mass is 10.0. The molecule has 1 rings (SSSR count). The van der Waals surface area contributed by atoms with E-state index < -0.39 is 59.8 Å². The molecule has 0 aromatic heterocycles. The average molecular weight is 442 g/mol. The Bertz CT molecular complexity index is 803. The van der Waals surface area contributed by atoms with Crippen LogP contribution in [-0.2, 0) is 14.3 Å². The van der Waals surface area contributed by atoms with E-state index in [4.69, 9.17) is 5.11 Å². The molecule has 1 aromatic carbocycles. The number of para-hydroxylation sites is 1. The number of rotatable bonds is 7. The zero-order valence-corrected chi connectivity index (χ0v) is 13.4. The van der Waals surface area contributed by atoms with Crippen molar-refractivity contribution in [2.24, 2.45) is 0 Å². The Labute approximate surface area is 153 Å². The number of carbonyl (C=O) groups excluding carboxylic acids is 2. The van der Waals surface area contributed by atoms with E-state index in [0.717, 1.165) is 12.1 Å². The number of carboxylic acid groups (broad SMARTS) is 1. The van der Waals surface area contributed by atoms with E-state index in [9.17, 15) is 53.9 Å². The Balaban J connectivity index is 3.17. The van der Waals surface area contributed by atoms with E-state index in [2.05, 4.69) is 9.47 Å². The minimum Gasteiger partial charge on any atom is -0.477 e. The molecule has 6 nitrogen and oxygen atoms in total. The van der Waals surface area contributed by atoms with Crippen LogP contribution >= 0.6 is 0 Å². The average Bonchev–Trinajstić information content (AvgIpc) is 2.58.